The van der Waals surface area contributed by atoms with Crippen LogP contribution >= 0.6 is 22.9 Å². The average molecular weight is 480 g/mol. The third-order valence-electron chi connectivity index (χ3n) is 5.54. The Labute approximate surface area is 198 Å². The molecule has 1 aliphatic heterocycles. The molecular weight excluding hydrogens is 458 g/mol. The molecule has 0 fully saturated rings. The summed E-state index contributed by atoms with van der Waals surface area (Å²) >= 11 is 2.58. The predicted molar refractivity (Wildman–Crippen MR) is 124 cm³/mol. The van der Waals surface area contributed by atoms with Gasteiger partial charge in [-0.2, -0.15) is 5.10 Å². The van der Waals surface area contributed by atoms with Crippen molar-refractivity contribution in [2.75, 3.05) is 6.54 Å². The summed E-state index contributed by atoms with van der Waals surface area (Å²) in [5.74, 6) is -0.378. The second-order valence-corrected chi connectivity index (χ2v) is 9.42. The van der Waals surface area contributed by atoms with E-state index in [0.717, 1.165) is 33.4 Å². The molecular formula is C22H21N7O2S2. The van der Waals surface area contributed by atoms with Gasteiger partial charge in [0.2, 0.25) is 0 Å². The molecule has 0 spiro atoms. The Morgan fingerprint density at radius 3 is 2.79 bits per heavy atom. The monoisotopic (exact) mass is 479 g/mol. The van der Waals surface area contributed by atoms with Gasteiger partial charge in [-0.3, -0.25) is 14.3 Å². The van der Waals surface area contributed by atoms with E-state index in [9.17, 15) is 9.59 Å². The average Bonchev–Trinajstić information content (AvgIpc) is 3.58. The van der Waals surface area contributed by atoms with Crippen molar-refractivity contribution in [3.63, 3.8) is 0 Å². The van der Waals surface area contributed by atoms with Crippen molar-refractivity contribution in [2.45, 2.75) is 33.0 Å². The fourth-order valence-corrected chi connectivity index (χ4v) is 5.07. The molecule has 3 aromatic heterocycles. The van der Waals surface area contributed by atoms with Gasteiger partial charge < -0.3 is 10.2 Å². The topological polar surface area (TPSA) is 106 Å². The molecule has 0 unspecified atom stereocenters. The molecule has 0 saturated heterocycles. The highest BCUT2D eigenvalue weighted by Crippen LogP contribution is 2.26. The summed E-state index contributed by atoms with van der Waals surface area (Å²) in [5.41, 5.74) is 3.85. The fraction of sp³-hybridized carbons (Fsp3) is 0.273. The molecule has 9 nitrogen and oxygen atoms in total. The maximum atomic E-state index is 13.1. The molecule has 0 saturated carbocycles. The van der Waals surface area contributed by atoms with Crippen molar-refractivity contribution in [1.29, 1.82) is 0 Å². The van der Waals surface area contributed by atoms with Crippen LogP contribution in [0.2, 0.25) is 0 Å². The number of aromatic nitrogens is 5. The van der Waals surface area contributed by atoms with Crippen LogP contribution < -0.4 is 5.32 Å². The third-order valence-corrected chi connectivity index (χ3v) is 7.14. The molecule has 0 atom stereocenters. The largest absolute Gasteiger partial charge is 0.344 e. The highest BCUT2D eigenvalue weighted by atomic mass is 32.1. The summed E-state index contributed by atoms with van der Waals surface area (Å²) < 4.78 is 5.78. The molecule has 5 rings (SSSR count). The van der Waals surface area contributed by atoms with E-state index in [4.69, 9.17) is 0 Å². The number of nitrogens with one attached hydrogen (secondary N) is 1. The highest BCUT2D eigenvalue weighted by molar-refractivity contribution is 7.09. The second kappa shape index (κ2) is 9.20. The molecule has 1 N–H and O–H groups in total. The zero-order valence-corrected chi connectivity index (χ0v) is 19.5. The standard InChI is InChI=1S/C22H21N7O2S2/c1-14-20(33-27-25-14)22(31)28-9-7-17-16(13-28)19(21(30)24-11-18-23-8-10-32-18)26-29(17)12-15-5-3-2-4-6-15/h2-6,8,10H,7,9,11-13H2,1H3,(H,24,30). The van der Waals surface area contributed by atoms with Crippen LogP contribution in [-0.4, -0.2) is 47.6 Å². The molecule has 4 aromatic rings. The highest BCUT2D eigenvalue weighted by Gasteiger charge is 2.31. The Kier molecular flexibility index (Phi) is 5.97. The summed E-state index contributed by atoms with van der Waals surface area (Å²) in [7, 11) is 0. The van der Waals surface area contributed by atoms with E-state index in [1.54, 1.807) is 18.0 Å². The van der Waals surface area contributed by atoms with Gasteiger partial charge in [-0.05, 0) is 24.0 Å². The van der Waals surface area contributed by atoms with Gasteiger partial charge >= 0.3 is 0 Å². The number of aryl methyl sites for hydroxylation is 1. The number of thiazole rings is 1. The minimum Gasteiger partial charge on any atom is -0.344 e. The smallest absolute Gasteiger partial charge is 0.272 e. The number of carbonyl (C=O) groups is 2. The zero-order valence-electron chi connectivity index (χ0n) is 17.9. The molecule has 0 radical (unpaired) electrons. The summed E-state index contributed by atoms with van der Waals surface area (Å²) in [6.07, 6.45) is 2.33. The Balaban J connectivity index is 1.44. The zero-order chi connectivity index (χ0) is 22.8. The SMILES string of the molecule is Cc1nnsc1C(=O)N1CCc2c(c(C(=O)NCc3nccs3)nn2Cc2ccccc2)C1. The third kappa shape index (κ3) is 4.41. The van der Waals surface area contributed by atoms with Crippen LogP contribution in [0.15, 0.2) is 41.9 Å². The van der Waals surface area contributed by atoms with Crippen molar-refractivity contribution in [3.05, 3.63) is 80.0 Å². The lowest BCUT2D eigenvalue weighted by Gasteiger charge is -2.27. The van der Waals surface area contributed by atoms with Crippen LogP contribution in [-0.2, 0) is 26.1 Å². The van der Waals surface area contributed by atoms with Crippen molar-refractivity contribution in [1.82, 2.24) is 34.6 Å². The number of carbonyl (C=O) groups excluding carboxylic acids is 2. The minimum atomic E-state index is -0.266. The first-order valence-electron chi connectivity index (χ1n) is 10.5. The minimum absolute atomic E-state index is 0.113. The van der Waals surface area contributed by atoms with Gasteiger partial charge in [0.1, 0.15) is 9.88 Å². The van der Waals surface area contributed by atoms with Crippen molar-refractivity contribution in [3.8, 4) is 0 Å². The van der Waals surface area contributed by atoms with Gasteiger partial charge in [0.05, 0.1) is 25.3 Å². The van der Waals surface area contributed by atoms with Gasteiger partial charge in [-0.15, -0.1) is 16.4 Å². The number of hydrogen-bond donors (Lipinski definition) is 1. The number of benzene rings is 1. The van der Waals surface area contributed by atoms with E-state index in [-0.39, 0.29) is 11.8 Å². The summed E-state index contributed by atoms with van der Waals surface area (Å²) in [6.45, 7) is 3.55. The lowest BCUT2D eigenvalue weighted by atomic mass is 10.0. The predicted octanol–water partition coefficient (Wildman–Crippen LogP) is 2.68. The summed E-state index contributed by atoms with van der Waals surface area (Å²) in [5, 5.41) is 14.3. The Morgan fingerprint density at radius 2 is 2.06 bits per heavy atom. The second-order valence-electron chi connectivity index (χ2n) is 7.69. The van der Waals surface area contributed by atoms with E-state index in [1.807, 2.05) is 40.4 Å². The number of nitrogens with zero attached hydrogens (tertiary/aromatic N) is 6. The van der Waals surface area contributed by atoms with E-state index >= 15 is 0 Å². The van der Waals surface area contributed by atoms with E-state index in [0.29, 0.717) is 48.9 Å². The van der Waals surface area contributed by atoms with Crippen LogP contribution in [0.3, 0.4) is 0 Å². The molecule has 2 amide bonds. The van der Waals surface area contributed by atoms with Crippen LogP contribution in [0, 0.1) is 6.92 Å². The number of rotatable bonds is 6. The first-order chi connectivity index (χ1) is 16.1. The molecule has 0 aliphatic carbocycles. The molecule has 1 aromatic carbocycles. The molecule has 11 heteroatoms. The maximum Gasteiger partial charge on any atom is 0.272 e. The first kappa shape index (κ1) is 21.4. The molecule has 168 valence electrons. The van der Waals surface area contributed by atoms with Crippen molar-refractivity contribution < 1.29 is 9.59 Å². The molecule has 1 aliphatic rings. The Morgan fingerprint density at radius 1 is 1.21 bits per heavy atom. The van der Waals surface area contributed by atoms with E-state index in [1.165, 1.54) is 11.3 Å². The normalized spacial score (nSPS) is 13.1. The van der Waals surface area contributed by atoms with Gasteiger partial charge in [-0.1, -0.05) is 34.8 Å². The van der Waals surface area contributed by atoms with Gasteiger partial charge in [0, 0.05) is 35.8 Å². The van der Waals surface area contributed by atoms with Crippen molar-refractivity contribution >= 4 is 34.7 Å². The number of hydrogen-bond acceptors (Lipinski definition) is 8. The number of fused-ring (bicyclic) bond motifs is 1. The fourth-order valence-electron chi connectivity index (χ4n) is 3.88. The molecule has 33 heavy (non-hydrogen) atoms. The lowest BCUT2D eigenvalue weighted by molar-refractivity contribution is 0.0734. The van der Waals surface area contributed by atoms with Gasteiger partial charge in [-0.25, -0.2) is 4.98 Å². The van der Waals surface area contributed by atoms with E-state index < -0.39 is 0 Å². The maximum absolute atomic E-state index is 13.1. The van der Waals surface area contributed by atoms with E-state index in [2.05, 4.69) is 25.0 Å². The lowest BCUT2D eigenvalue weighted by Crippen LogP contribution is -2.37. The van der Waals surface area contributed by atoms with Crippen LogP contribution in [0.4, 0.5) is 0 Å². The molecule has 0 bridgehead atoms. The quantitative estimate of drug-likeness (QED) is 0.456. The molecule has 4 heterocycles. The van der Waals surface area contributed by atoms with Crippen LogP contribution in [0.25, 0.3) is 0 Å². The number of amides is 2. The van der Waals surface area contributed by atoms with Crippen LogP contribution in [0.1, 0.15) is 47.7 Å². The Hall–Kier alpha value is -3.44. The first-order valence-corrected chi connectivity index (χ1v) is 12.1. The summed E-state index contributed by atoms with van der Waals surface area (Å²) in [4.78, 5) is 32.7. The van der Waals surface area contributed by atoms with Gasteiger partial charge in [0.15, 0.2) is 5.69 Å². The summed E-state index contributed by atoms with van der Waals surface area (Å²) in [6, 6.07) is 10.0. The van der Waals surface area contributed by atoms with Crippen molar-refractivity contribution in [2.24, 2.45) is 0 Å². The van der Waals surface area contributed by atoms with Gasteiger partial charge in [0.25, 0.3) is 11.8 Å². The Bertz CT molecular complexity index is 1280. The van der Waals surface area contributed by atoms with Crippen LogP contribution in [0.5, 0.6) is 0 Å².